The smallest absolute Gasteiger partial charge is 0.255 e. The summed E-state index contributed by atoms with van der Waals surface area (Å²) in [5.41, 5.74) is 1.60. The molecule has 4 nitrogen and oxygen atoms in total. The van der Waals surface area contributed by atoms with Crippen LogP contribution < -0.4 is 15.4 Å². The molecule has 2 aromatic rings. The second-order valence-electron chi connectivity index (χ2n) is 5.09. The molecule has 0 saturated heterocycles. The molecule has 1 amide bonds. The van der Waals surface area contributed by atoms with Crippen LogP contribution in [0, 0.1) is 0 Å². The maximum Gasteiger partial charge on any atom is 0.255 e. The van der Waals surface area contributed by atoms with Gasteiger partial charge in [0.15, 0.2) is 0 Å². The van der Waals surface area contributed by atoms with Crippen LogP contribution in [0.15, 0.2) is 53.0 Å². The fourth-order valence-electron chi connectivity index (χ4n) is 2.11. The zero-order chi connectivity index (χ0) is 16.5. The average molecular weight is 414 g/mol. The summed E-state index contributed by atoms with van der Waals surface area (Å²) in [6, 6.07) is 15.2. The summed E-state index contributed by atoms with van der Waals surface area (Å²) < 4.78 is 6.84. The van der Waals surface area contributed by atoms with E-state index in [2.05, 4.69) is 26.6 Å². The number of carbonyl (C=O) groups excluding carboxylic acids is 1. The van der Waals surface area contributed by atoms with Crippen LogP contribution in [0.2, 0.25) is 0 Å². The highest BCUT2D eigenvalue weighted by Crippen LogP contribution is 2.22. The lowest BCUT2D eigenvalue weighted by atomic mass is 10.2. The van der Waals surface area contributed by atoms with Gasteiger partial charge in [0.2, 0.25) is 0 Å². The number of rotatable bonds is 8. The number of ether oxygens (including phenoxy) is 1. The van der Waals surface area contributed by atoms with Crippen LogP contribution in [0.3, 0.4) is 0 Å². The summed E-state index contributed by atoms with van der Waals surface area (Å²) in [7, 11) is 1.90. The zero-order valence-corrected chi connectivity index (χ0v) is 16.0. The first-order valence-corrected chi connectivity index (χ1v) is 8.39. The first-order valence-electron chi connectivity index (χ1n) is 7.60. The highest BCUT2D eigenvalue weighted by atomic mass is 79.9. The predicted molar refractivity (Wildman–Crippen MR) is 103 cm³/mol. The van der Waals surface area contributed by atoms with Crippen molar-refractivity contribution in [3.8, 4) is 5.75 Å². The first-order chi connectivity index (χ1) is 11.2. The molecule has 0 fully saturated rings. The molecule has 0 saturated carbocycles. The highest BCUT2D eigenvalue weighted by molar-refractivity contribution is 9.10. The lowest BCUT2D eigenvalue weighted by Crippen LogP contribution is -2.27. The maximum atomic E-state index is 12.3. The second-order valence-corrected chi connectivity index (χ2v) is 5.94. The topological polar surface area (TPSA) is 50.4 Å². The molecular formula is C18H22BrClN2O2. The van der Waals surface area contributed by atoms with Gasteiger partial charge in [-0.1, -0.05) is 46.3 Å². The SMILES string of the molecule is CNCCCNC(=O)c1ccccc1OCc1ccccc1Br.Cl. The minimum absolute atomic E-state index is 0. The number of amides is 1. The van der Waals surface area contributed by atoms with Gasteiger partial charge in [0.1, 0.15) is 12.4 Å². The van der Waals surface area contributed by atoms with Crippen LogP contribution >= 0.6 is 28.3 Å². The van der Waals surface area contributed by atoms with Crippen LogP contribution in [-0.4, -0.2) is 26.0 Å². The van der Waals surface area contributed by atoms with Crippen molar-refractivity contribution in [1.29, 1.82) is 0 Å². The van der Waals surface area contributed by atoms with Gasteiger partial charge in [0.25, 0.3) is 5.91 Å². The summed E-state index contributed by atoms with van der Waals surface area (Å²) in [5, 5.41) is 5.97. The first kappa shape index (κ1) is 20.5. The third-order valence-electron chi connectivity index (χ3n) is 3.36. The summed E-state index contributed by atoms with van der Waals surface area (Å²) in [6.45, 7) is 1.92. The van der Waals surface area contributed by atoms with Crippen molar-refractivity contribution >= 4 is 34.2 Å². The zero-order valence-electron chi connectivity index (χ0n) is 13.5. The van der Waals surface area contributed by atoms with Crippen LogP contribution in [0.5, 0.6) is 5.75 Å². The van der Waals surface area contributed by atoms with E-state index in [0.717, 1.165) is 23.0 Å². The fourth-order valence-corrected chi connectivity index (χ4v) is 2.51. The average Bonchev–Trinajstić information content (AvgIpc) is 2.58. The van der Waals surface area contributed by atoms with Crippen LogP contribution in [0.1, 0.15) is 22.3 Å². The Morgan fingerprint density at radius 1 is 1.08 bits per heavy atom. The van der Waals surface area contributed by atoms with Crippen molar-refractivity contribution in [3.63, 3.8) is 0 Å². The predicted octanol–water partition coefficient (Wildman–Crippen LogP) is 3.79. The molecule has 0 aliphatic carbocycles. The molecule has 0 aliphatic heterocycles. The molecule has 0 aliphatic rings. The molecular weight excluding hydrogens is 392 g/mol. The van der Waals surface area contributed by atoms with E-state index >= 15 is 0 Å². The van der Waals surface area contributed by atoms with Crippen LogP contribution in [0.25, 0.3) is 0 Å². The number of benzene rings is 2. The van der Waals surface area contributed by atoms with Crippen molar-refractivity contribution in [2.45, 2.75) is 13.0 Å². The Labute approximate surface area is 157 Å². The Balaban J connectivity index is 0.00000288. The van der Waals surface area contributed by atoms with E-state index < -0.39 is 0 Å². The van der Waals surface area contributed by atoms with Crippen LogP contribution in [0.4, 0.5) is 0 Å². The minimum atomic E-state index is -0.108. The van der Waals surface area contributed by atoms with E-state index in [0.29, 0.717) is 24.5 Å². The van der Waals surface area contributed by atoms with Gasteiger partial charge >= 0.3 is 0 Å². The Bertz CT molecular complexity index is 652. The number of carbonyl (C=O) groups is 1. The van der Waals surface area contributed by atoms with Crippen molar-refractivity contribution in [3.05, 3.63) is 64.1 Å². The van der Waals surface area contributed by atoms with E-state index in [1.165, 1.54) is 0 Å². The number of hydrogen-bond donors (Lipinski definition) is 2. The lowest BCUT2D eigenvalue weighted by Gasteiger charge is -2.12. The Hall–Kier alpha value is -1.56. The van der Waals surface area contributed by atoms with E-state index in [1.54, 1.807) is 6.07 Å². The highest BCUT2D eigenvalue weighted by Gasteiger charge is 2.12. The molecule has 0 heterocycles. The Kier molecular flexibility index (Phi) is 9.45. The molecule has 2 N–H and O–H groups in total. The minimum Gasteiger partial charge on any atom is -0.488 e. The van der Waals surface area contributed by atoms with E-state index in [9.17, 15) is 4.79 Å². The van der Waals surface area contributed by atoms with Gasteiger partial charge in [-0.15, -0.1) is 12.4 Å². The van der Waals surface area contributed by atoms with Gasteiger partial charge in [-0.2, -0.15) is 0 Å². The molecule has 0 spiro atoms. The molecule has 0 bridgehead atoms. The normalized spacial score (nSPS) is 9.92. The van der Waals surface area contributed by atoms with Gasteiger partial charge in [-0.25, -0.2) is 0 Å². The molecule has 0 radical (unpaired) electrons. The second kappa shape index (κ2) is 11.1. The quantitative estimate of drug-likeness (QED) is 0.647. The van der Waals surface area contributed by atoms with E-state index in [1.807, 2.05) is 49.5 Å². The Morgan fingerprint density at radius 2 is 1.79 bits per heavy atom. The maximum absolute atomic E-state index is 12.3. The van der Waals surface area contributed by atoms with Crippen molar-refractivity contribution in [1.82, 2.24) is 10.6 Å². The number of hydrogen-bond acceptors (Lipinski definition) is 3. The van der Waals surface area contributed by atoms with E-state index in [-0.39, 0.29) is 18.3 Å². The number of halogens is 2. The van der Waals surface area contributed by atoms with Crippen molar-refractivity contribution in [2.24, 2.45) is 0 Å². The van der Waals surface area contributed by atoms with E-state index in [4.69, 9.17) is 4.74 Å². The molecule has 2 rings (SSSR count). The Morgan fingerprint density at radius 3 is 2.54 bits per heavy atom. The molecule has 6 heteroatoms. The molecule has 0 unspecified atom stereocenters. The van der Waals surface area contributed by atoms with Gasteiger partial charge in [-0.3, -0.25) is 4.79 Å². The van der Waals surface area contributed by atoms with Crippen molar-refractivity contribution in [2.75, 3.05) is 20.1 Å². The van der Waals surface area contributed by atoms with Gasteiger partial charge in [0, 0.05) is 16.6 Å². The third kappa shape index (κ3) is 6.15. The molecule has 24 heavy (non-hydrogen) atoms. The summed E-state index contributed by atoms with van der Waals surface area (Å²) in [6.07, 6.45) is 0.891. The van der Waals surface area contributed by atoms with Gasteiger partial charge in [-0.05, 0) is 38.2 Å². The largest absolute Gasteiger partial charge is 0.488 e. The monoisotopic (exact) mass is 412 g/mol. The molecule has 130 valence electrons. The summed E-state index contributed by atoms with van der Waals surface area (Å²) in [4.78, 5) is 12.3. The fraction of sp³-hybridized carbons (Fsp3) is 0.278. The molecule has 2 aromatic carbocycles. The van der Waals surface area contributed by atoms with Crippen LogP contribution in [-0.2, 0) is 6.61 Å². The summed E-state index contributed by atoms with van der Waals surface area (Å²) >= 11 is 3.50. The summed E-state index contributed by atoms with van der Waals surface area (Å²) in [5.74, 6) is 0.484. The standard InChI is InChI=1S/C18H21BrN2O2.ClH/c1-20-11-6-12-21-18(22)15-8-3-5-10-17(15)23-13-14-7-2-4-9-16(14)19;/h2-5,7-10,20H,6,11-13H2,1H3,(H,21,22);1H. The molecule has 0 aromatic heterocycles. The number of nitrogens with one attached hydrogen (secondary N) is 2. The van der Waals surface area contributed by atoms with Crippen molar-refractivity contribution < 1.29 is 9.53 Å². The molecule has 0 atom stereocenters. The lowest BCUT2D eigenvalue weighted by molar-refractivity contribution is 0.0948. The number of para-hydroxylation sites is 1. The van der Waals surface area contributed by atoms with Gasteiger partial charge in [0.05, 0.1) is 5.56 Å². The third-order valence-corrected chi connectivity index (χ3v) is 4.14. The van der Waals surface area contributed by atoms with Gasteiger partial charge < -0.3 is 15.4 Å².